The summed E-state index contributed by atoms with van der Waals surface area (Å²) in [4.78, 5) is 32.2. The molecule has 0 atom stereocenters. The van der Waals surface area contributed by atoms with E-state index in [0.717, 1.165) is 3.11 Å². The number of halogens is 1. The van der Waals surface area contributed by atoms with Gasteiger partial charge in [-0.05, 0) is 0 Å². The van der Waals surface area contributed by atoms with Gasteiger partial charge >= 0.3 is 80.0 Å². The molecule has 1 rings (SSSR count). The van der Waals surface area contributed by atoms with Crippen LogP contribution in [0.25, 0.3) is 0 Å². The van der Waals surface area contributed by atoms with Gasteiger partial charge in [0.2, 0.25) is 0 Å². The van der Waals surface area contributed by atoms with Gasteiger partial charge in [-0.15, -0.1) is 0 Å². The molecule has 1 heterocycles. The van der Waals surface area contributed by atoms with Crippen molar-refractivity contribution in [1.29, 1.82) is 0 Å². The van der Waals surface area contributed by atoms with Crippen molar-refractivity contribution in [3.8, 4) is 0 Å². The Labute approximate surface area is 80.2 Å². The molecule has 0 spiro atoms. The summed E-state index contributed by atoms with van der Waals surface area (Å²) in [6.45, 7) is 1.25. The number of amides is 2. The number of rotatable bonds is 2. The first kappa shape index (κ1) is 9.43. The predicted octanol–water partition coefficient (Wildman–Crippen LogP) is -3.38. The molecule has 0 saturated carbocycles. The van der Waals surface area contributed by atoms with Crippen LogP contribution < -0.4 is 21.9 Å². The SMILES string of the molecule is CC(=O)O[I-]N1C(=O)CCC1=O. The third-order valence-electron chi connectivity index (χ3n) is 1.20. The zero-order valence-electron chi connectivity index (χ0n) is 6.37. The van der Waals surface area contributed by atoms with Crippen molar-refractivity contribution in [2.45, 2.75) is 19.8 Å². The molecule has 1 fully saturated rings. The second kappa shape index (κ2) is 3.83. The minimum atomic E-state index is -1.21. The Kier molecular flexibility index (Phi) is 3.01. The topological polar surface area (TPSA) is 63.7 Å². The predicted molar refractivity (Wildman–Crippen MR) is 32.9 cm³/mol. The fourth-order valence-corrected chi connectivity index (χ4v) is 2.11. The maximum absolute atomic E-state index is 10.9. The molecule has 0 bridgehead atoms. The molecule has 0 aromatic rings. The molecule has 0 aliphatic carbocycles. The van der Waals surface area contributed by atoms with Crippen LogP contribution in [0, 0.1) is 0 Å². The minimum absolute atomic E-state index is 0.228. The number of hydrogen-bond acceptors (Lipinski definition) is 4. The van der Waals surface area contributed by atoms with Gasteiger partial charge in [0.05, 0.1) is 0 Å². The van der Waals surface area contributed by atoms with Crippen LogP contribution in [0.1, 0.15) is 19.8 Å². The second-order valence-corrected chi connectivity index (χ2v) is 4.01. The van der Waals surface area contributed by atoms with Crippen molar-refractivity contribution in [3.05, 3.63) is 0 Å². The Balaban J connectivity index is 2.45. The summed E-state index contributed by atoms with van der Waals surface area (Å²) < 4.78 is 5.68. The Hall–Kier alpha value is -0.660. The third kappa shape index (κ3) is 2.16. The van der Waals surface area contributed by atoms with E-state index in [4.69, 9.17) is 0 Å². The van der Waals surface area contributed by atoms with Crippen LogP contribution in [0.5, 0.6) is 0 Å². The fourth-order valence-electron chi connectivity index (χ4n) is 0.709. The Morgan fingerprint density at radius 3 is 2.33 bits per heavy atom. The molecule has 0 aromatic heterocycles. The van der Waals surface area contributed by atoms with Gasteiger partial charge in [0.1, 0.15) is 0 Å². The van der Waals surface area contributed by atoms with E-state index in [-0.39, 0.29) is 24.7 Å². The second-order valence-electron chi connectivity index (χ2n) is 2.21. The summed E-state index contributed by atoms with van der Waals surface area (Å²) in [6, 6.07) is 0. The summed E-state index contributed by atoms with van der Waals surface area (Å²) in [5.74, 6) is -0.904. The molecule has 1 aliphatic heterocycles. The van der Waals surface area contributed by atoms with Crippen LogP contribution in [0.3, 0.4) is 0 Å². The quantitative estimate of drug-likeness (QED) is 0.301. The molecule has 2 amide bonds. The van der Waals surface area contributed by atoms with Gasteiger partial charge in [-0.3, -0.25) is 0 Å². The summed E-state index contributed by atoms with van der Waals surface area (Å²) in [7, 11) is 0. The summed E-state index contributed by atoms with van der Waals surface area (Å²) in [5.41, 5.74) is 0. The molecule has 68 valence electrons. The van der Waals surface area contributed by atoms with Crippen LogP contribution >= 0.6 is 0 Å². The van der Waals surface area contributed by atoms with E-state index in [1.807, 2.05) is 0 Å². The van der Waals surface area contributed by atoms with Crippen LogP contribution in [-0.2, 0) is 17.4 Å². The molecule has 5 nitrogen and oxygen atoms in total. The van der Waals surface area contributed by atoms with E-state index >= 15 is 0 Å². The monoisotopic (exact) mass is 284 g/mol. The van der Waals surface area contributed by atoms with E-state index in [2.05, 4.69) is 3.07 Å². The van der Waals surface area contributed by atoms with Gasteiger partial charge in [-0.1, -0.05) is 0 Å². The molecule has 1 saturated heterocycles. The standard InChI is InChI=1S/C6H7INO4/c1-4(9)12-7-8-5(10)2-3-6(8)11/h2-3H2,1H3/q-1. The summed E-state index contributed by atoms with van der Waals surface area (Å²) >= 11 is -1.21. The van der Waals surface area contributed by atoms with E-state index in [1.165, 1.54) is 6.92 Å². The van der Waals surface area contributed by atoms with E-state index in [0.29, 0.717) is 0 Å². The first-order chi connectivity index (χ1) is 5.61. The first-order valence-electron chi connectivity index (χ1n) is 3.29. The molecular weight excluding hydrogens is 277 g/mol. The average Bonchev–Trinajstić information content (AvgIpc) is 2.28. The normalized spacial score (nSPS) is 17.2. The number of carbonyl (C=O) groups is 3. The van der Waals surface area contributed by atoms with Crippen LogP contribution in [0.4, 0.5) is 0 Å². The third-order valence-corrected chi connectivity index (χ3v) is 3.49. The molecule has 1 aliphatic rings. The Morgan fingerprint density at radius 1 is 1.42 bits per heavy atom. The van der Waals surface area contributed by atoms with Crippen LogP contribution in [0.2, 0.25) is 0 Å². The van der Waals surface area contributed by atoms with E-state index in [9.17, 15) is 14.4 Å². The van der Waals surface area contributed by atoms with E-state index in [1.54, 1.807) is 0 Å². The fraction of sp³-hybridized carbons (Fsp3) is 0.500. The molecule has 0 radical (unpaired) electrons. The van der Waals surface area contributed by atoms with Crippen molar-refractivity contribution >= 4 is 17.8 Å². The van der Waals surface area contributed by atoms with Crippen molar-refractivity contribution in [2.24, 2.45) is 0 Å². The zero-order valence-corrected chi connectivity index (χ0v) is 8.53. The van der Waals surface area contributed by atoms with Gasteiger partial charge in [0, 0.05) is 0 Å². The number of carbonyl (C=O) groups excluding carboxylic acids is 3. The van der Waals surface area contributed by atoms with Crippen molar-refractivity contribution in [2.75, 3.05) is 0 Å². The van der Waals surface area contributed by atoms with Gasteiger partial charge in [-0.2, -0.15) is 0 Å². The first-order valence-corrected chi connectivity index (χ1v) is 5.14. The molecule has 6 heteroatoms. The van der Waals surface area contributed by atoms with Gasteiger partial charge in [0.25, 0.3) is 0 Å². The maximum atomic E-state index is 10.9. The van der Waals surface area contributed by atoms with Crippen molar-refractivity contribution < 1.29 is 39.3 Å². The average molecular weight is 284 g/mol. The zero-order chi connectivity index (χ0) is 9.14. The Morgan fingerprint density at radius 2 is 1.92 bits per heavy atom. The molecule has 0 unspecified atom stereocenters. The van der Waals surface area contributed by atoms with Gasteiger partial charge in [0.15, 0.2) is 0 Å². The van der Waals surface area contributed by atoms with E-state index < -0.39 is 27.9 Å². The number of imide groups is 1. The molecule has 0 N–H and O–H groups in total. The van der Waals surface area contributed by atoms with Crippen LogP contribution in [0.15, 0.2) is 0 Å². The Bertz CT molecular complexity index is 224. The molecular formula is C6H7INO4-. The number of hydrogen-bond donors (Lipinski definition) is 0. The van der Waals surface area contributed by atoms with Gasteiger partial charge < -0.3 is 0 Å². The molecule has 0 aromatic carbocycles. The number of nitrogens with zero attached hydrogens (tertiary/aromatic N) is 1. The van der Waals surface area contributed by atoms with Gasteiger partial charge in [-0.25, -0.2) is 0 Å². The summed E-state index contributed by atoms with van der Waals surface area (Å²) in [6.07, 6.45) is 0.500. The van der Waals surface area contributed by atoms with Crippen molar-refractivity contribution in [1.82, 2.24) is 3.11 Å². The van der Waals surface area contributed by atoms with Crippen molar-refractivity contribution in [3.63, 3.8) is 0 Å². The summed E-state index contributed by atoms with van der Waals surface area (Å²) in [5, 5.41) is 0. The van der Waals surface area contributed by atoms with Crippen LogP contribution in [-0.4, -0.2) is 20.9 Å². The molecule has 12 heavy (non-hydrogen) atoms.